The highest BCUT2D eigenvalue weighted by Crippen LogP contribution is 2.00. The Balaban J connectivity index is -0.000000359. The fourth-order valence-corrected chi connectivity index (χ4v) is 0.977. The molecule has 29 heavy (non-hydrogen) atoms. The van der Waals surface area contributed by atoms with Gasteiger partial charge < -0.3 is 57.6 Å². The summed E-state index contributed by atoms with van der Waals surface area (Å²) in [7, 11) is 0. The third kappa shape index (κ3) is 17.9. The van der Waals surface area contributed by atoms with Gasteiger partial charge in [-0.1, -0.05) is 0 Å². The Kier molecular flexibility index (Phi) is 19.8. The molecule has 15 nitrogen and oxygen atoms in total. The van der Waals surface area contributed by atoms with E-state index >= 15 is 0 Å². The molecular weight excluding hydrogens is 400 g/mol. The van der Waals surface area contributed by atoms with Gasteiger partial charge in [-0.25, -0.2) is 0 Å². The minimum atomic E-state index is -1.31. The van der Waals surface area contributed by atoms with Gasteiger partial charge in [-0.2, -0.15) is 0 Å². The normalized spacial score (nSPS) is 10.8. The van der Waals surface area contributed by atoms with Crippen molar-refractivity contribution >= 4 is 17.8 Å². The molecule has 0 rings (SSSR count). The van der Waals surface area contributed by atoms with Crippen LogP contribution in [0.25, 0.3) is 0 Å². The standard InChI is InChI=1S/C6H13NO5.C4H8N2O3.C4H11NO3/c8-2-6(3-9,4-10)7-1-5(11)12;5-1-3(7)6-2-4(8)9;5-4(1-6,2-7)3-8/h7-10H,1-4H2,(H,11,12);1-2,5H2,(H,6,7)(H,8,9);6-8H,1-3,5H2. The van der Waals surface area contributed by atoms with Crippen LogP contribution in [0.1, 0.15) is 0 Å². The first-order chi connectivity index (χ1) is 13.4. The summed E-state index contributed by atoms with van der Waals surface area (Å²) in [5.74, 6) is -2.65. The van der Waals surface area contributed by atoms with Gasteiger partial charge in [0.05, 0.1) is 63.8 Å². The highest BCUT2D eigenvalue weighted by atomic mass is 16.4. The number of nitrogens with one attached hydrogen (secondary N) is 2. The minimum Gasteiger partial charge on any atom is -0.480 e. The van der Waals surface area contributed by atoms with Crippen LogP contribution in [-0.4, -0.2) is 129 Å². The van der Waals surface area contributed by atoms with Crippen LogP contribution in [0.15, 0.2) is 0 Å². The van der Waals surface area contributed by atoms with Gasteiger partial charge in [0.1, 0.15) is 6.54 Å². The van der Waals surface area contributed by atoms with E-state index in [9.17, 15) is 14.4 Å². The zero-order valence-electron chi connectivity index (χ0n) is 15.8. The number of carboxylic acids is 2. The molecule has 0 aromatic carbocycles. The van der Waals surface area contributed by atoms with E-state index in [0.29, 0.717) is 0 Å². The highest BCUT2D eigenvalue weighted by molar-refractivity contribution is 5.82. The number of carbonyl (C=O) groups excluding carboxylic acids is 1. The van der Waals surface area contributed by atoms with E-state index in [0.717, 1.165) is 0 Å². The van der Waals surface area contributed by atoms with E-state index in [1.165, 1.54) is 0 Å². The summed E-state index contributed by atoms with van der Waals surface area (Å²) in [5.41, 5.74) is 7.48. The Bertz CT molecular complexity index is 440. The minimum absolute atomic E-state index is 0.173. The fraction of sp³-hybridized carbons (Fsp3) is 0.786. The van der Waals surface area contributed by atoms with Gasteiger partial charge in [0.15, 0.2) is 0 Å². The summed E-state index contributed by atoms with van der Waals surface area (Å²) in [4.78, 5) is 30.1. The topological polar surface area (TPSA) is 289 Å². The Morgan fingerprint density at radius 1 is 0.724 bits per heavy atom. The number of carboxylic acid groups (broad SMARTS) is 2. The summed E-state index contributed by atoms with van der Waals surface area (Å²) in [6.45, 7) is -3.72. The predicted molar refractivity (Wildman–Crippen MR) is 97.5 cm³/mol. The van der Waals surface area contributed by atoms with Crippen molar-refractivity contribution in [2.45, 2.75) is 11.1 Å². The van der Waals surface area contributed by atoms with Crippen molar-refractivity contribution in [2.75, 3.05) is 59.3 Å². The lowest BCUT2D eigenvalue weighted by atomic mass is 10.0. The molecule has 0 unspecified atom stereocenters. The Hall–Kier alpha value is -1.95. The third-order valence-electron chi connectivity index (χ3n) is 3.09. The summed E-state index contributed by atoms with van der Waals surface area (Å²) in [6, 6.07) is 0. The zero-order chi connectivity index (χ0) is 23.5. The fourth-order valence-electron chi connectivity index (χ4n) is 0.977. The van der Waals surface area contributed by atoms with E-state index in [1.54, 1.807) is 0 Å². The molecule has 0 aliphatic rings. The molecular formula is C14H32N4O11. The molecule has 0 aliphatic heterocycles. The van der Waals surface area contributed by atoms with E-state index in [2.05, 4.69) is 10.6 Å². The van der Waals surface area contributed by atoms with Crippen LogP contribution < -0.4 is 22.1 Å². The van der Waals surface area contributed by atoms with E-state index in [4.69, 9.17) is 52.3 Å². The monoisotopic (exact) mass is 432 g/mol. The van der Waals surface area contributed by atoms with Crippen molar-refractivity contribution in [1.29, 1.82) is 0 Å². The average molecular weight is 432 g/mol. The number of aliphatic carboxylic acids is 2. The first-order valence-corrected chi connectivity index (χ1v) is 8.04. The van der Waals surface area contributed by atoms with Crippen molar-refractivity contribution in [2.24, 2.45) is 11.5 Å². The van der Waals surface area contributed by atoms with E-state index in [1.807, 2.05) is 0 Å². The zero-order valence-corrected chi connectivity index (χ0v) is 15.8. The van der Waals surface area contributed by atoms with Crippen LogP contribution in [-0.2, 0) is 14.4 Å². The van der Waals surface area contributed by atoms with Crippen molar-refractivity contribution < 1.29 is 55.2 Å². The highest BCUT2D eigenvalue weighted by Gasteiger charge is 2.27. The number of hydrogen-bond acceptors (Lipinski definition) is 12. The van der Waals surface area contributed by atoms with Crippen LogP contribution in [0, 0.1) is 0 Å². The summed E-state index contributed by atoms with van der Waals surface area (Å²) in [6.07, 6.45) is 0. The maximum Gasteiger partial charge on any atom is 0.322 e. The van der Waals surface area contributed by atoms with Gasteiger partial charge in [-0.3, -0.25) is 19.7 Å². The van der Waals surface area contributed by atoms with Gasteiger partial charge in [0.25, 0.3) is 0 Å². The van der Waals surface area contributed by atoms with Gasteiger partial charge in [-0.05, 0) is 0 Å². The summed E-state index contributed by atoms with van der Waals surface area (Å²) < 4.78 is 0. The Labute approximate surface area is 166 Å². The number of carbonyl (C=O) groups is 3. The van der Waals surface area contributed by atoms with Gasteiger partial charge in [-0.15, -0.1) is 0 Å². The largest absolute Gasteiger partial charge is 0.480 e. The SMILES string of the molecule is NC(CO)(CO)CO.NCC(=O)NCC(=O)O.O=C(O)CNC(CO)(CO)CO. The number of nitrogens with two attached hydrogens (primary N) is 2. The van der Waals surface area contributed by atoms with Crippen LogP contribution in [0.4, 0.5) is 0 Å². The molecule has 0 aliphatic carbocycles. The first-order valence-electron chi connectivity index (χ1n) is 8.04. The van der Waals surface area contributed by atoms with Crippen LogP contribution in [0.2, 0.25) is 0 Å². The van der Waals surface area contributed by atoms with Crippen LogP contribution in [0.3, 0.4) is 0 Å². The quantitative estimate of drug-likeness (QED) is 0.136. The molecule has 0 atom stereocenters. The number of rotatable bonds is 12. The second kappa shape index (κ2) is 18.1. The molecule has 174 valence electrons. The molecule has 0 heterocycles. The molecule has 0 fully saturated rings. The molecule has 0 saturated heterocycles. The molecule has 0 saturated carbocycles. The number of aliphatic hydroxyl groups is 6. The maximum absolute atomic E-state index is 10.2. The Morgan fingerprint density at radius 3 is 1.31 bits per heavy atom. The average Bonchev–Trinajstić information content (AvgIpc) is 2.73. The third-order valence-corrected chi connectivity index (χ3v) is 3.09. The van der Waals surface area contributed by atoms with Gasteiger partial charge in [0, 0.05) is 0 Å². The molecule has 0 spiro atoms. The summed E-state index contributed by atoms with van der Waals surface area (Å²) in [5, 5.41) is 71.8. The Morgan fingerprint density at radius 2 is 1.10 bits per heavy atom. The van der Waals surface area contributed by atoms with Crippen molar-refractivity contribution in [3.8, 4) is 0 Å². The summed E-state index contributed by atoms with van der Waals surface area (Å²) >= 11 is 0. The number of aliphatic hydroxyl groups excluding tert-OH is 6. The lowest BCUT2D eigenvalue weighted by Gasteiger charge is -2.27. The predicted octanol–water partition coefficient (Wildman–Crippen LogP) is -6.82. The van der Waals surface area contributed by atoms with Crippen LogP contribution in [0.5, 0.6) is 0 Å². The molecule has 0 bridgehead atoms. The molecule has 14 N–H and O–H groups in total. The lowest BCUT2D eigenvalue weighted by Crippen LogP contribution is -2.56. The number of amides is 1. The second-order valence-electron chi connectivity index (χ2n) is 5.71. The molecule has 0 aromatic rings. The van der Waals surface area contributed by atoms with Crippen LogP contribution >= 0.6 is 0 Å². The lowest BCUT2D eigenvalue weighted by molar-refractivity contribution is -0.138. The molecule has 0 radical (unpaired) electrons. The smallest absolute Gasteiger partial charge is 0.322 e. The maximum atomic E-state index is 10.2. The molecule has 0 aromatic heterocycles. The first kappa shape index (κ1) is 31.7. The van der Waals surface area contributed by atoms with E-state index < -0.39 is 75.1 Å². The van der Waals surface area contributed by atoms with E-state index in [-0.39, 0.29) is 13.1 Å². The van der Waals surface area contributed by atoms with Crippen molar-refractivity contribution in [1.82, 2.24) is 10.6 Å². The molecule has 1 amide bonds. The molecule has 15 heteroatoms. The van der Waals surface area contributed by atoms with Gasteiger partial charge in [0.2, 0.25) is 5.91 Å². The second-order valence-corrected chi connectivity index (χ2v) is 5.71. The van der Waals surface area contributed by atoms with Gasteiger partial charge >= 0.3 is 11.9 Å². The van der Waals surface area contributed by atoms with Crippen molar-refractivity contribution in [3.05, 3.63) is 0 Å². The van der Waals surface area contributed by atoms with Crippen molar-refractivity contribution in [3.63, 3.8) is 0 Å². The number of hydrogen-bond donors (Lipinski definition) is 12.